The Morgan fingerprint density at radius 3 is 3.05 bits per heavy atom. The molecule has 1 aliphatic heterocycles. The number of nitrogens with zero attached hydrogens (tertiary/aromatic N) is 1. The van der Waals surface area contributed by atoms with Crippen LogP contribution in [0, 0.1) is 18.3 Å². The van der Waals surface area contributed by atoms with Crippen LogP contribution in [0.1, 0.15) is 48.0 Å². The number of hydrogen-bond acceptors (Lipinski definition) is 2. The minimum atomic E-state index is -0.118. The number of aryl methyl sites for hydroxylation is 1. The van der Waals surface area contributed by atoms with Gasteiger partial charge >= 0.3 is 0 Å². The highest BCUT2D eigenvalue weighted by atomic mass is 16.2. The molecule has 2 fully saturated rings. The van der Waals surface area contributed by atoms with Gasteiger partial charge in [-0.3, -0.25) is 9.59 Å². The molecule has 0 saturated heterocycles. The molecule has 1 N–H and O–H groups in total. The lowest BCUT2D eigenvalue weighted by molar-refractivity contribution is -0.125. The zero-order valence-corrected chi connectivity index (χ0v) is 13.0. The summed E-state index contributed by atoms with van der Waals surface area (Å²) in [5.74, 6) is 0.770. The smallest absolute Gasteiger partial charge is 0.253 e. The Hall–Kier alpha value is -1.84. The van der Waals surface area contributed by atoms with Crippen LogP contribution in [0.4, 0.5) is 5.69 Å². The molecule has 2 amide bonds. The molecule has 3 aliphatic rings. The van der Waals surface area contributed by atoms with Crippen molar-refractivity contribution in [3.05, 3.63) is 29.3 Å². The van der Waals surface area contributed by atoms with Crippen molar-refractivity contribution in [2.45, 2.75) is 39.0 Å². The second-order valence-electron chi connectivity index (χ2n) is 6.98. The molecule has 0 bridgehead atoms. The molecular weight excluding hydrogens is 276 g/mol. The summed E-state index contributed by atoms with van der Waals surface area (Å²) in [4.78, 5) is 27.4. The van der Waals surface area contributed by atoms with Crippen LogP contribution in [0.3, 0.4) is 0 Å². The fourth-order valence-electron chi connectivity index (χ4n) is 4.41. The first-order chi connectivity index (χ1) is 10.6. The third-order valence-corrected chi connectivity index (χ3v) is 5.72. The van der Waals surface area contributed by atoms with Gasteiger partial charge in [-0.1, -0.05) is 25.0 Å². The third-order valence-electron chi connectivity index (χ3n) is 5.72. The maximum atomic E-state index is 13.2. The van der Waals surface area contributed by atoms with Crippen LogP contribution in [-0.2, 0) is 4.79 Å². The highest BCUT2D eigenvalue weighted by Crippen LogP contribution is 2.62. The maximum absolute atomic E-state index is 13.2. The lowest BCUT2D eigenvalue weighted by Gasteiger charge is -2.30. The van der Waals surface area contributed by atoms with Crippen LogP contribution in [-0.4, -0.2) is 24.9 Å². The number of nitrogens with one attached hydrogen (secondary N) is 1. The van der Waals surface area contributed by atoms with Crippen molar-refractivity contribution in [3.8, 4) is 0 Å². The van der Waals surface area contributed by atoms with E-state index in [1.165, 1.54) is 12.8 Å². The lowest BCUT2D eigenvalue weighted by Crippen LogP contribution is -2.41. The number of rotatable bonds is 1. The van der Waals surface area contributed by atoms with Gasteiger partial charge in [0.1, 0.15) is 0 Å². The van der Waals surface area contributed by atoms with E-state index in [0.29, 0.717) is 24.6 Å². The summed E-state index contributed by atoms with van der Waals surface area (Å²) in [5, 5.41) is 2.92. The topological polar surface area (TPSA) is 49.4 Å². The summed E-state index contributed by atoms with van der Waals surface area (Å²) in [7, 11) is 0. The first-order valence-electron chi connectivity index (χ1n) is 8.33. The van der Waals surface area contributed by atoms with Gasteiger partial charge in [-0.25, -0.2) is 0 Å². The van der Waals surface area contributed by atoms with Crippen molar-refractivity contribution < 1.29 is 9.59 Å². The Labute approximate surface area is 130 Å². The van der Waals surface area contributed by atoms with E-state index in [2.05, 4.69) is 5.32 Å². The van der Waals surface area contributed by atoms with E-state index in [-0.39, 0.29) is 17.2 Å². The molecule has 1 aromatic carbocycles. The number of benzene rings is 1. The van der Waals surface area contributed by atoms with Crippen LogP contribution in [0.25, 0.3) is 0 Å². The fraction of sp³-hybridized carbons (Fsp3) is 0.556. The molecule has 0 radical (unpaired) electrons. The molecule has 1 heterocycles. The van der Waals surface area contributed by atoms with Crippen LogP contribution in [0.5, 0.6) is 0 Å². The molecular formula is C18H22N2O2. The highest BCUT2D eigenvalue weighted by Gasteiger charge is 2.61. The number of fused-ring (bicyclic) bond motifs is 2. The van der Waals surface area contributed by atoms with E-state index < -0.39 is 0 Å². The molecule has 2 unspecified atom stereocenters. The van der Waals surface area contributed by atoms with E-state index in [1.54, 1.807) is 0 Å². The van der Waals surface area contributed by atoms with Gasteiger partial charge in [-0.2, -0.15) is 0 Å². The Balaban J connectivity index is 1.73. The van der Waals surface area contributed by atoms with E-state index in [4.69, 9.17) is 0 Å². The van der Waals surface area contributed by atoms with Crippen molar-refractivity contribution >= 4 is 17.5 Å². The van der Waals surface area contributed by atoms with Crippen molar-refractivity contribution in [2.24, 2.45) is 11.3 Å². The summed E-state index contributed by atoms with van der Waals surface area (Å²) in [6.07, 6.45) is 5.68. The van der Waals surface area contributed by atoms with Crippen LogP contribution in [0.2, 0.25) is 0 Å². The quantitative estimate of drug-likeness (QED) is 0.866. The summed E-state index contributed by atoms with van der Waals surface area (Å²) in [6, 6.07) is 5.79. The number of anilines is 1. The normalized spacial score (nSPS) is 30.0. The van der Waals surface area contributed by atoms with Gasteiger partial charge in [0.05, 0.1) is 16.7 Å². The Morgan fingerprint density at radius 2 is 2.23 bits per heavy atom. The number of hydrogen-bond donors (Lipinski definition) is 1. The van der Waals surface area contributed by atoms with Crippen LogP contribution in [0.15, 0.2) is 18.2 Å². The minimum absolute atomic E-state index is 0.0584. The zero-order chi connectivity index (χ0) is 15.3. The lowest BCUT2D eigenvalue weighted by atomic mass is 9.87. The van der Waals surface area contributed by atoms with Crippen molar-refractivity contribution in [1.82, 2.24) is 5.32 Å². The van der Waals surface area contributed by atoms with Gasteiger partial charge in [-0.15, -0.1) is 0 Å². The summed E-state index contributed by atoms with van der Waals surface area (Å²) >= 11 is 0. The van der Waals surface area contributed by atoms with Crippen molar-refractivity contribution in [3.63, 3.8) is 0 Å². The predicted octanol–water partition coefficient (Wildman–Crippen LogP) is 2.65. The van der Waals surface area contributed by atoms with Crippen LogP contribution >= 0.6 is 0 Å². The van der Waals surface area contributed by atoms with E-state index in [9.17, 15) is 9.59 Å². The van der Waals surface area contributed by atoms with Gasteiger partial charge in [0.25, 0.3) is 5.91 Å². The standard InChI is InChI=1S/C18H22N2O2/c1-12-5-4-7-14-15(12)16(21)19-9-10-20(14)17(22)18-8-3-2-6-13(18)11-18/h4-5,7,13H,2-3,6,8-11H2,1H3,(H,19,21). The molecule has 0 aromatic heterocycles. The van der Waals surface area contributed by atoms with Gasteiger partial charge in [0.2, 0.25) is 5.91 Å². The van der Waals surface area contributed by atoms with Gasteiger partial charge in [0.15, 0.2) is 0 Å². The molecule has 1 aromatic rings. The fourth-order valence-corrected chi connectivity index (χ4v) is 4.41. The minimum Gasteiger partial charge on any atom is -0.350 e. The first kappa shape index (κ1) is 13.8. The van der Waals surface area contributed by atoms with Crippen molar-refractivity contribution in [2.75, 3.05) is 18.0 Å². The second-order valence-corrected chi connectivity index (χ2v) is 6.98. The largest absolute Gasteiger partial charge is 0.350 e. The SMILES string of the molecule is Cc1cccc2c1C(=O)NCCN2C(=O)C12CCCCC1C2. The maximum Gasteiger partial charge on any atom is 0.253 e. The molecule has 2 atom stereocenters. The molecule has 22 heavy (non-hydrogen) atoms. The molecule has 2 aliphatic carbocycles. The average molecular weight is 298 g/mol. The van der Waals surface area contributed by atoms with Crippen LogP contribution < -0.4 is 10.2 Å². The van der Waals surface area contributed by atoms with Crippen molar-refractivity contribution in [1.29, 1.82) is 0 Å². The molecule has 4 rings (SSSR count). The summed E-state index contributed by atoms with van der Waals surface area (Å²) < 4.78 is 0. The summed E-state index contributed by atoms with van der Waals surface area (Å²) in [6.45, 7) is 3.04. The second kappa shape index (κ2) is 4.83. The van der Waals surface area contributed by atoms with Gasteiger partial charge in [-0.05, 0) is 43.7 Å². The number of carbonyl (C=O) groups excluding carboxylic acids is 2. The molecule has 116 valence electrons. The average Bonchev–Trinajstić information content (AvgIpc) is 3.27. The Kier molecular flexibility index (Phi) is 3.03. The zero-order valence-electron chi connectivity index (χ0n) is 13.0. The molecule has 4 nitrogen and oxygen atoms in total. The first-order valence-corrected chi connectivity index (χ1v) is 8.33. The molecule has 2 saturated carbocycles. The molecule has 0 spiro atoms. The number of amides is 2. The van der Waals surface area contributed by atoms with Gasteiger partial charge < -0.3 is 10.2 Å². The third kappa shape index (κ3) is 1.89. The Morgan fingerprint density at radius 1 is 1.36 bits per heavy atom. The Bertz CT molecular complexity index is 654. The summed E-state index contributed by atoms with van der Waals surface area (Å²) in [5.41, 5.74) is 2.28. The van der Waals surface area contributed by atoms with E-state index in [1.807, 2.05) is 30.0 Å². The number of carbonyl (C=O) groups is 2. The van der Waals surface area contributed by atoms with E-state index in [0.717, 1.165) is 30.5 Å². The predicted molar refractivity (Wildman–Crippen MR) is 84.9 cm³/mol. The van der Waals surface area contributed by atoms with E-state index >= 15 is 0 Å². The monoisotopic (exact) mass is 298 g/mol. The van der Waals surface area contributed by atoms with Gasteiger partial charge in [0, 0.05) is 13.1 Å². The highest BCUT2D eigenvalue weighted by molar-refractivity contribution is 6.08. The molecule has 4 heteroatoms.